The lowest BCUT2D eigenvalue weighted by atomic mass is 10.1. The second-order valence-corrected chi connectivity index (χ2v) is 10.9. The summed E-state index contributed by atoms with van der Waals surface area (Å²) in [5.41, 5.74) is 0.362. The van der Waals surface area contributed by atoms with E-state index in [0.717, 1.165) is 11.8 Å². The quantitative estimate of drug-likeness (QED) is 0.260. The fraction of sp³-hybridized carbons (Fsp3) is 0.565. The SMILES string of the molecule is CSCC(=O)NC1CCN(C(=O)CSCC(=O)N2CCC(NC(=O)c3cccn3C)C2C(=O)O)C1C(=O)O. The van der Waals surface area contributed by atoms with Crippen LogP contribution in [-0.2, 0) is 31.0 Å². The third kappa shape index (κ3) is 6.81. The molecule has 2 saturated heterocycles. The molecule has 0 aromatic carbocycles. The van der Waals surface area contributed by atoms with Crippen molar-refractivity contribution in [1.82, 2.24) is 25.0 Å². The van der Waals surface area contributed by atoms with E-state index in [1.165, 1.54) is 21.6 Å². The topological polar surface area (TPSA) is 178 Å². The minimum atomic E-state index is -1.25. The number of aliphatic carboxylic acids is 2. The van der Waals surface area contributed by atoms with Crippen LogP contribution in [0.1, 0.15) is 23.3 Å². The number of rotatable bonds is 11. The first-order valence-corrected chi connectivity index (χ1v) is 14.4. The molecule has 3 heterocycles. The fourth-order valence-electron chi connectivity index (χ4n) is 4.77. The molecule has 3 rings (SSSR count). The molecule has 1 aromatic heterocycles. The monoisotopic (exact) mass is 569 g/mol. The number of carbonyl (C=O) groups is 6. The van der Waals surface area contributed by atoms with Crippen molar-refractivity contribution in [2.75, 3.05) is 36.6 Å². The summed E-state index contributed by atoms with van der Waals surface area (Å²) in [5, 5.41) is 24.8. The molecule has 4 unspecified atom stereocenters. The molecule has 15 heteroatoms. The van der Waals surface area contributed by atoms with Crippen LogP contribution in [0.5, 0.6) is 0 Å². The minimum Gasteiger partial charge on any atom is -0.480 e. The van der Waals surface area contributed by atoms with Crippen molar-refractivity contribution >= 4 is 59.1 Å². The van der Waals surface area contributed by atoms with Crippen LogP contribution in [-0.4, -0.2) is 121 Å². The Bertz CT molecular complexity index is 1100. The molecule has 0 spiro atoms. The zero-order valence-electron chi connectivity index (χ0n) is 21.0. The van der Waals surface area contributed by atoms with Gasteiger partial charge in [0, 0.05) is 26.3 Å². The Kier molecular flexibility index (Phi) is 10.1. The van der Waals surface area contributed by atoms with Crippen molar-refractivity contribution in [3.63, 3.8) is 0 Å². The van der Waals surface area contributed by atoms with Gasteiger partial charge in [0.15, 0.2) is 0 Å². The van der Waals surface area contributed by atoms with Gasteiger partial charge in [-0.15, -0.1) is 11.8 Å². The molecular weight excluding hydrogens is 538 g/mol. The highest BCUT2D eigenvalue weighted by Crippen LogP contribution is 2.23. The highest BCUT2D eigenvalue weighted by molar-refractivity contribution is 8.00. The number of hydrogen-bond donors (Lipinski definition) is 4. The van der Waals surface area contributed by atoms with E-state index in [2.05, 4.69) is 10.6 Å². The molecular formula is C23H31N5O8S2. The molecule has 38 heavy (non-hydrogen) atoms. The molecule has 2 aliphatic heterocycles. The lowest BCUT2D eigenvalue weighted by Gasteiger charge is -2.26. The normalized spacial score (nSPS) is 22.8. The summed E-state index contributed by atoms with van der Waals surface area (Å²) in [7, 11) is 1.69. The number of carboxylic acids is 2. The van der Waals surface area contributed by atoms with Crippen LogP contribution in [0.2, 0.25) is 0 Å². The number of thioether (sulfide) groups is 2. The van der Waals surface area contributed by atoms with Crippen LogP contribution < -0.4 is 10.6 Å². The third-order valence-electron chi connectivity index (χ3n) is 6.51. The first kappa shape index (κ1) is 29.4. The zero-order valence-corrected chi connectivity index (χ0v) is 22.6. The van der Waals surface area contributed by atoms with Gasteiger partial charge >= 0.3 is 11.9 Å². The summed E-state index contributed by atoms with van der Waals surface area (Å²) in [4.78, 5) is 76.2. The van der Waals surface area contributed by atoms with E-state index in [-0.39, 0.29) is 42.7 Å². The highest BCUT2D eigenvalue weighted by atomic mass is 32.2. The maximum atomic E-state index is 12.8. The summed E-state index contributed by atoms with van der Waals surface area (Å²) in [6.45, 7) is 0.289. The average molecular weight is 570 g/mol. The number of nitrogens with one attached hydrogen (secondary N) is 2. The molecule has 4 amide bonds. The van der Waals surface area contributed by atoms with Gasteiger partial charge in [0.1, 0.15) is 17.8 Å². The number of hydrogen-bond acceptors (Lipinski definition) is 8. The maximum Gasteiger partial charge on any atom is 0.328 e. The molecule has 0 saturated carbocycles. The molecule has 4 N–H and O–H groups in total. The highest BCUT2D eigenvalue weighted by Gasteiger charge is 2.44. The number of nitrogens with zero attached hydrogens (tertiary/aromatic N) is 3. The van der Waals surface area contributed by atoms with Gasteiger partial charge in [-0.3, -0.25) is 19.2 Å². The molecule has 0 aliphatic carbocycles. The number of carbonyl (C=O) groups excluding carboxylic acids is 4. The van der Waals surface area contributed by atoms with Crippen LogP contribution in [0.3, 0.4) is 0 Å². The Morgan fingerprint density at radius 1 is 0.895 bits per heavy atom. The van der Waals surface area contributed by atoms with Crippen LogP contribution in [0.15, 0.2) is 18.3 Å². The molecule has 4 atom stereocenters. The Balaban J connectivity index is 1.53. The lowest BCUT2D eigenvalue weighted by molar-refractivity contribution is -0.148. The number of aryl methyl sites for hydroxylation is 1. The first-order valence-electron chi connectivity index (χ1n) is 11.9. The van der Waals surface area contributed by atoms with Crippen molar-refractivity contribution in [3.8, 4) is 0 Å². The van der Waals surface area contributed by atoms with E-state index < -0.39 is 53.8 Å². The van der Waals surface area contributed by atoms with Crippen molar-refractivity contribution in [2.24, 2.45) is 7.05 Å². The zero-order chi connectivity index (χ0) is 28.0. The lowest BCUT2D eigenvalue weighted by Crippen LogP contribution is -2.52. The number of likely N-dealkylation sites (tertiary alicyclic amines) is 2. The molecule has 208 valence electrons. The number of amides is 4. The summed E-state index contributed by atoms with van der Waals surface area (Å²) >= 11 is 2.26. The smallest absolute Gasteiger partial charge is 0.328 e. The predicted molar refractivity (Wildman–Crippen MR) is 140 cm³/mol. The molecule has 1 aromatic rings. The standard InChI is InChI=1S/C23H31N5O8S2/c1-26-7-3-4-15(26)21(32)25-14-6-9-28(20(14)23(35)36)18(31)12-38-11-17(30)27-8-5-13(19(27)22(33)34)24-16(29)10-37-2/h3-4,7,13-14,19-20H,5-6,8-12H2,1-2H3,(H,24,29)(H,25,32)(H,33,34)(H,35,36). The van der Waals surface area contributed by atoms with Gasteiger partial charge in [0.2, 0.25) is 17.7 Å². The van der Waals surface area contributed by atoms with Gasteiger partial charge in [-0.25, -0.2) is 9.59 Å². The van der Waals surface area contributed by atoms with Crippen molar-refractivity contribution in [2.45, 2.75) is 37.0 Å². The van der Waals surface area contributed by atoms with Crippen LogP contribution in [0.25, 0.3) is 0 Å². The van der Waals surface area contributed by atoms with Crippen LogP contribution in [0.4, 0.5) is 0 Å². The maximum absolute atomic E-state index is 12.8. The van der Waals surface area contributed by atoms with Gasteiger partial charge in [0.25, 0.3) is 5.91 Å². The van der Waals surface area contributed by atoms with Gasteiger partial charge in [-0.2, -0.15) is 11.8 Å². The van der Waals surface area contributed by atoms with Gasteiger partial charge in [-0.1, -0.05) is 0 Å². The van der Waals surface area contributed by atoms with Crippen molar-refractivity contribution < 1.29 is 39.0 Å². The minimum absolute atomic E-state index is 0.132. The average Bonchev–Trinajstić information content (AvgIpc) is 3.57. The van der Waals surface area contributed by atoms with Gasteiger partial charge in [0.05, 0.1) is 29.3 Å². The van der Waals surface area contributed by atoms with Crippen LogP contribution in [0, 0.1) is 0 Å². The summed E-state index contributed by atoms with van der Waals surface area (Å²) < 4.78 is 1.60. The van der Waals surface area contributed by atoms with Gasteiger partial charge in [-0.05, 0) is 31.2 Å². The summed E-state index contributed by atoms with van der Waals surface area (Å²) in [6.07, 6.45) is 4.00. The van der Waals surface area contributed by atoms with Crippen LogP contribution >= 0.6 is 23.5 Å². The Morgan fingerprint density at radius 2 is 1.42 bits per heavy atom. The molecule has 2 aliphatic rings. The second-order valence-electron chi connectivity index (χ2n) is 9.00. The number of aromatic nitrogens is 1. The Labute approximate surface area is 227 Å². The van der Waals surface area contributed by atoms with E-state index in [4.69, 9.17) is 0 Å². The van der Waals surface area contributed by atoms with Crippen molar-refractivity contribution in [1.29, 1.82) is 0 Å². The van der Waals surface area contributed by atoms with E-state index in [9.17, 15) is 39.0 Å². The molecule has 2 fully saturated rings. The number of carboxylic acid groups (broad SMARTS) is 2. The Morgan fingerprint density at radius 3 is 1.87 bits per heavy atom. The fourth-order valence-corrected chi connectivity index (χ4v) is 5.90. The van der Waals surface area contributed by atoms with Crippen molar-refractivity contribution in [3.05, 3.63) is 24.0 Å². The summed E-state index contributed by atoms with van der Waals surface area (Å²) in [6, 6.07) is -0.630. The van der Waals surface area contributed by atoms with Gasteiger partial charge < -0.3 is 35.2 Å². The van der Waals surface area contributed by atoms with E-state index in [1.54, 1.807) is 36.2 Å². The van der Waals surface area contributed by atoms with E-state index in [1.807, 2.05) is 0 Å². The van der Waals surface area contributed by atoms with E-state index >= 15 is 0 Å². The molecule has 0 radical (unpaired) electrons. The first-order chi connectivity index (χ1) is 18.0. The Hall–Kier alpha value is -3.20. The predicted octanol–water partition coefficient (Wildman–Crippen LogP) is -0.924. The largest absolute Gasteiger partial charge is 0.480 e. The third-order valence-corrected chi connectivity index (χ3v) is 7.96. The second kappa shape index (κ2) is 13.0. The van der Waals surface area contributed by atoms with E-state index in [0.29, 0.717) is 12.1 Å². The summed E-state index contributed by atoms with van der Waals surface area (Å²) in [5.74, 6) is -4.39. The molecule has 13 nitrogen and oxygen atoms in total. The molecule has 0 bridgehead atoms.